The van der Waals surface area contributed by atoms with Gasteiger partial charge in [-0.15, -0.1) is 0 Å². The zero-order valence-corrected chi connectivity index (χ0v) is 33.0. The molecule has 0 unspecified atom stereocenters. The van der Waals surface area contributed by atoms with Gasteiger partial charge in [0.1, 0.15) is 11.9 Å². The van der Waals surface area contributed by atoms with Gasteiger partial charge >= 0.3 is 24.3 Å². The third-order valence-electron chi connectivity index (χ3n) is 9.95. The molecule has 19 heteroatoms. The number of carbonyl (C=O) groups excluding carboxylic acids is 3. The van der Waals surface area contributed by atoms with E-state index in [1.807, 2.05) is 25.7 Å². The maximum Gasteiger partial charge on any atom is 0.490 e. The second-order valence-corrected chi connectivity index (χ2v) is 16.2. The summed E-state index contributed by atoms with van der Waals surface area (Å²) in [6.07, 6.45) is -3.03. The Kier molecular flexibility index (Phi) is 18.2. The van der Waals surface area contributed by atoms with Gasteiger partial charge in [0.25, 0.3) is 0 Å². The molecule has 2 aliphatic heterocycles. The minimum absolute atomic E-state index is 0.115. The van der Waals surface area contributed by atoms with E-state index in [0.717, 1.165) is 44.3 Å². The molecule has 4 rings (SSSR count). The molecule has 12 nitrogen and oxygen atoms in total. The Bertz CT molecular complexity index is 1460. The number of nitrogens with one attached hydrogen (secondary N) is 3. The van der Waals surface area contributed by atoms with Crippen LogP contribution < -0.4 is 16.0 Å². The van der Waals surface area contributed by atoms with Gasteiger partial charge in [-0.3, -0.25) is 19.3 Å². The number of piperidine rings is 1. The summed E-state index contributed by atoms with van der Waals surface area (Å²) in [4.78, 5) is 63.3. The molecule has 2 saturated heterocycles. The Hall–Kier alpha value is -4.00. The number of carboxylic acids is 2. The minimum atomic E-state index is -5.08. The van der Waals surface area contributed by atoms with E-state index < -0.39 is 41.8 Å². The molecule has 1 aliphatic carbocycles. The van der Waals surface area contributed by atoms with Crippen LogP contribution in [0.5, 0.6) is 0 Å². The van der Waals surface area contributed by atoms with Crippen LogP contribution in [0.25, 0.3) is 0 Å². The van der Waals surface area contributed by atoms with Crippen molar-refractivity contribution in [2.75, 3.05) is 39.3 Å². The van der Waals surface area contributed by atoms with Crippen molar-refractivity contribution >= 4 is 29.7 Å². The number of halogens is 7. The lowest BCUT2D eigenvalue weighted by atomic mass is 9.63. The van der Waals surface area contributed by atoms with Gasteiger partial charge in [-0.1, -0.05) is 45.2 Å². The van der Waals surface area contributed by atoms with Crippen LogP contribution in [0.1, 0.15) is 85.1 Å². The highest BCUT2D eigenvalue weighted by Gasteiger charge is 2.49. The summed E-state index contributed by atoms with van der Waals surface area (Å²) in [5.74, 6) is -5.24. The number of hydrogen-bond acceptors (Lipinski definition) is 7. The average molecular weight is 828 g/mol. The molecule has 57 heavy (non-hydrogen) atoms. The van der Waals surface area contributed by atoms with Gasteiger partial charge in [-0.05, 0) is 76.0 Å². The van der Waals surface area contributed by atoms with Crippen LogP contribution in [0.15, 0.2) is 24.3 Å². The lowest BCUT2D eigenvalue weighted by Crippen LogP contribution is -2.62. The Labute approximate surface area is 328 Å². The Morgan fingerprint density at radius 2 is 1.37 bits per heavy atom. The van der Waals surface area contributed by atoms with Gasteiger partial charge in [0.2, 0.25) is 17.7 Å². The number of rotatable bonds is 9. The Morgan fingerprint density at radius 3 is 1.82 bits per heavy atom. The number of alkyl halides is 6. The van der Waals surface area contributed by atoms with E-state index >= 15 is 0 Å². The van der Waals surface area contributed by atoms with Crippen LogP contribution >= 0.6 is 0 Å². The van der Waals surface area contributed by atoms with Gasteiger partial charge in [-0.25, -0.2) is 14.0 Å². The zero-order valence-electron chi connectivity index (χ0n) is 33.0. The Balaban J connectivity index is 0.000000682. The van der Waals surface area contributed by atoms with Crippen LogP contribution in [-0.4, -0.2) is 119 Å². The molecular formula is C38H56F7N5O7. The van der Waals surface area contributed by atoms with Gasteiger partial charge in [-0.2, -0.15) is 26.3 Å². The molecule has 3 amide bonds. The fourth-order valence-corrected chi connectivity index (χ4v) is 7.28. The summed E-state index contributed by atoms with van der Waals surface area (Å²) in [7, 11) is 0. The van der Waals surface area contributed by atoms with Crippen LogP contribution in [0, 0.1) is 23.1 Å². The number of benzene rings is 1. The molecule has 3 fully saturated rings. The van der Waals surface area contributed by atoms with E-state index in [9.17, 15) is 45.1 Å². The molecule has 3 aliphatic rings. The van der Waals surface area contributed by atoms with Crippen LogP contribution in [0.3, 0.4) is 0 Å². The summed E-state index contributed by atoms with van der Waals surface area (Å²) in [5.41, 5.74) is -0.0172. The first-order chi connectivity index (χ1) is 26.2. The van der Waals surface area contributed by atoms with E-state index in [-0.39, 0.29) is 35.5 Å². The van der Waals surface area contributed by atoms with Crippen LogP contribution in [0.2, 0.25) is 0 Å². The molecule has 0 radical (unpaired) electrons. The standard InChI is InChI=1S/C34H54FN5O3.2C2HF3O2/c1-24(2)22-39-20-17-36-29(23-39)30(41)37-28(21-25-11-13-27(35)14-12-25)31(42)40-18-15-34(16-19-40,26-9-7-6-8-10-26)32(43)38-33(3,4)5;2*3-2(4,5)1(6)7/h11-14,24,26,28-29,36H,6-10,15-23H2,1-5H3,(H,37,41)(H,38,43);2*(H,6,7)/t28-,29+;;/m1../s1. The van der Waals surface area contributed by atoms with Crippen LogP contribution in [0.4, 0.5) is 30.7 Å². The minimum Gasteiger partial charge on any atom is -0.475 e. The highest BCUT2D eigenvalue weighted by Crippen LogP contribution is 2.46. The van der Waals surface area contributed by atoms with Gasteiger partial charge in [0.05, 0.1) is 11.5 Å². The van der Waals surface area contributed by atoms with E-state index in [4.69, 9.17) is 19.8 Å². The number of hydrogen-bond donors (Lipinski definition) is 5. The van der Waals surface area contributed by atoms with Crippen LogP contribution in [-0.2, 0) is 30.4 Å². The maximum absolute atomic E-state index is 14.1. The molecule has 0 spiro atoms. The third-order valence-corrected chi connectivity index (χ3v) is 9.95. The van der Waals surface area contributed by atoms with Crippen molar-refractivity contribution in [1.29, 1.82) is 0 Å². The number of amides is 3. The third kappa shape index (κ3) is 16.4. The molecule has 0 aromatic heterocycles. The van der Waals surface area contributed by atoms with Crippen molar-refractivity contribution in [2.24, 2.45) is 17.3 Å². The lowest BCUT2D eigenvalue weighted by molar-refractivity contribution is -0.193. The molecule has 324 valence electrons. The van der Waals surface area contributed by atoms with Crippen molar-refractivity contribution < 1.29 is 64.9 Å². The highest BCUT2D eigenvalue weighted by atomic mass is 19.4. The molecule has 1 aromatic carbocycles. The second kappa shape index (κ2) is 21.1. The number of likely N-dealkylation sites (tertiary alicyclic amines) is 1. The van der Waals surface area contributed by atoms with E-state index in [2.05, 4.69) is 34.7 Å². The topological polar surface area (TPSA) is 168 Å². The van der Waals surface area contributed by atoms with Gasteiger partial charge in [0, 0.05) is 51.2 Å². The largest absolute Gasteiger partial charge is 0.490 e. The highest BCUT2D eigenvalue weighted by molar-refractivity contribution is 5.91. The van der Waals surface area contributed by atoms with E-state index in [0.29, 0.717) is 50.9 Å². The number of carboxylic acid groups (broad SMARTS) is 2. The van der Waals surface area contributed by atoms with Crippen molar-refractivity contribution in [3.63, 3.8) is 0 Å². The first-order valence-corrected chi connectivity index (χ1v) is 19.0. The molecular weight excluding hydrogens is 771 g/mol. The predicted molar refractivity (Wildman–Crippen MR) is 195 cm³/mol. The quantitative estimate of drug-likeness (QED) is 0.212. The predicted octanol–water partition coefficient (Wildman–Crippen LogP) is 5.15. The lowest BCUT2D eigenvalue weighted by Gasteiger charge is -2.48. The molecule has 0 bridgehead atoms. The fraction of sp³-hybridized carbons (Fsp3) is 0.711. The van der Waals surface area contributed by atoms with Gasteiger partial charge < -0.3 is 31.1 Å². The summed E-state index contributed by atoms with van der Waals surface area (Å²) in [5, 5.41) is 23.9. The summed E-state index contributed by atoms with van der Waals surface area (Å²) in [6.45, 7) is 14.5. The van der Waals surface area contributed by atoms with Crippen molar-refractivity contribution in [1.82, 2.24) is 25.8 Å². The fourth-order valence-electron chi connectivity index (χ4n) is 7.28. The maximum atomic E-state index is 14.1. The van der Waals surface area contributed by atoms with Crippen molar-refractivity contribution in [3.8, 4) is 0 Å². The monoisotopic (exact) mass is 827 g/mol. The summed E-state index contributed by atoms with van der Waals surface area (Å²) >= 11 is 0. The summed E-state index contributed by atoms with van der Waals surface area (Å²) < 4.78 is 77.1. The second-order valence-electron chi connectivity index (χ2n) is 16.2. The summed E-state index contributed by atoms with van der Waals surface area (Å²) in [6, 6.07) is 4.94. The number of piperazine rings is 1. The molecule has 2 heterocycles. The molecule has 1 saturated carbocycles. The molecule has 1 aromatic rings. The Morgan fingerprint density at radius 1 is 0.860 bits per heavy atom. The van der Waals surface area contributed by atoms with Crippen molar-refractivity contribution in [2.45, 2.75) is 116 Å². The van der Waals surface area contributed by atoms with Crippen molar-refractivity contribution in [3.05, 3.63) is 35.6 Å². The first-order valence-electron chi connectivity index (χ1n) is 19.0. The smallest absolute Gasteiger partial charge is 0.475 e. The first kappa shape index (κ1) is 49.1. The van der Waals surface area contributed by atoms with E-state index in [1.165, 1.54) is 18.6 Å². The zero-order chi connectivity index (χ0) is 43.4. The SMILES string of the molecule is CC(C)CN1CCN[C@H](C(=O)N[C@H](Cc2ccc(F)cc2)C(=O)N2CCC(C(=O)NC(C)(C)C)(C3CCCCC3)CC2)C1.O=C(O)C(F)(F)F.O=C(O)C(F)(F)F. The number of aliphatic carboxylic acids is 2. The average Bonchev–Trinajstić information content (AvgIpc) is 3.11. The number of carbonyl (C=O) groups is 5. The normalized spacial score (nSPS) is 19.9. The molecule has 2 atom stereocenters. The molecule has 5 N–H and O–H groups in total. The van der Waals surface area contributed by atoms with E-state index in [1.54, 1.807) is 12.1 Å². The van der Waals surface area contributed by atoms with Gasteiger partial charge in [0.15, 0.2) is 0 Å². The number of nitrogens with zero attached hydrogens (tertiary/aromatic N) is 2.